The monoisotopic (exact) mass is 305 g/mol. The quantitative estimate of drug-likeness (QED) is 0.668. The van der Waals surface area contributed by atoms with Gasteiger partial charge in [0.1, 0.15) is 12.1 Å². The molecule has 6 heteroatoms. The highest BCUT2D eigenvalue weighted by Crippen LogP contribution is 2.27. The van der Waals surface area contributed by atoms with Gasteiger partial charge in [-0.3, -0.25) is 4.90 Å². The number of piperazine rings is 1. The highest BCUT2D eigenvalue weighted by molar-refractivity contribution is 7.80. The fraction of sp³-hybridized carbons (Fsp3) is 0.667. The van der Waals surface area contributed by atoms with E-state index in [0.717, 1.165) is 51.4 Å². The predicted octanol–water partition coefficient (Wildman–Crippen LogP) is 1.15. The van der Waals surface area contributed by atoms with E-state index in [2.05, 4.69) is 19.8 Å². The maximum Gasteiger partial charge on any atom is 0.135 e. The van der Waals surface area contributed by atoms with Crippen LogP contribution in [0.4, 0.5) is 5.82 Å². The number of aromatic nitrogens is 2. The molecule has 0 radical (unpaired) electrons. The molecule has 0 atom stereocenters. The van der Waals surface area contributed by atoms with Crippen LogP contribution in [0, 0.1) is 0 Å². The lowest BCUT2D eigenvalue weighted by molar-refractivity contribution is 0.291. The summed E-state index contributed by atoms with van der Waals surface area (Å²) in [6.07, 6.45) is 7.78. The van der Waals surface area contributed by atoms with Crippen LogP contribution in [0.1, 0.15) is 30.5 Å². The van der Waals surface area contributed by atoms with Crippen molar-refractivity contribution in [3.05, 3.63) is 17.6 Å². The number of nitrogens with zero attached hydrogens (tertiary/aromatic N) is 4. The molecular formula is C15H23N5S. The Morgan fingerprint density at radius 3 is 2.62 bits per heavy atom. The van der Waals surface area contributed by atoms with E-state index >= 15 is 0 Å². The Hall–Kier alpha value is -1.27. The summed E-state index contributed by atoms with van der Waals surface area (Å²) in [6.45, 7) is 4.70. The lowest BCUT2D eigenvalue weighted by Crippen LogP contribution is -2.49. The first kappa shape index (κ1) is 14.7. The minimum atomic E-state index is 0.583. The zero-order valence-corrected chi connectivity index (χ0v) is 13.2. The van der Waals surface area contributed by atoms with Gasteiger partial charge >= 0.3 is 0 Å². The molecule has 3 rings (SSSR count). The molecule has 0 amide bonds. The predicted molar refractivity (Wildman–Crippen MR) is 88.7 cm³/mol. The summed E-state index contributed by atoms with van der Waals surface area (Å²) in [5.74, 6) is 1.16. The molecule has 1 aliphatic carbocycles. The Balaban J connectivity index is 1.72. The van der Waals surface area contributed by atoms with Crippen LogP contribution in [0.2, 0.25) is 0 Å². The van der Waals surface area contributed by atoms with Crippen LogP contribution in [0.15, 0.2) is 6.33 Å². The number of rotatable bonds is 3. The summed E-state index contributed by atoms with van der Waals surface area (Å²) < 4.78 is 0. The van der Waals surface area contributed by atoms with E-state index in [1.54, 1.807) is 6.33 Å². The SMILES string of the molecule is NC(=S)CN1CCN(c2ncnc3c2CCCCC3)CC1. The summed E-state index contributed by atoms with van der Waals surface area (Å²) in [5, 5.41) is 0. The Labute approximate surface area is 131 Å². The van der Waals surface area contributed by atoms with Gasteiger partial charge in [-0.1, -0.05) is 18.6 Å². The van der Waals surface area contributed by atoms with Crippen molar-refractivity contribution in [3.8, 4) is 0 Å². The number of thiocarbonyl (C=S) groups is 1. The molecule has 1 saturated heterocycles. The van der Waals surface area contributed by atoms with E-state index in [9.17, 15) is 0 Å². The van der Waals surface area contributed by atoms with Crippen molar-refractivity contribution in [2.45, 2.75) is 32.1 Å². The molecule has 0 bridgehead atoms. The van der Waals surface area contributed by atoms with Crippen molar-refractivity contribution < 1.29 is 0 Å². The average molecular weight is 305 g/mol. The summed E-state index contributed by atoms with van der Waals surface area (Å²) in [4.78, 5) is 14.4. The number of nitrogens with two attached hydrogens (primary N) is 1. The van der Waals surface area contributed by atoms with E-state index in [4.69, 9.17) is 18.0 Å². The van der Waals surface area contributed by atoms with Crippen LogP contribution in [0.25, 0.3) is 0 Å². The van der Waals surface area contributed by atoms with Gasteiger partial charge in [0, 0.05) is 44.0 Å². The molecule has 2 N–H and O–H groups in total. The van der Waals surface area contributed by atoms with Gasteiger partial charge in [-0.25, -0.2) is 9.97 Å². The van der Waals surface area contributed by atoms with E-state index in [1.165, 1.54) is 30.5 Å². The van der Waals surface area contributed by atoms with Gasteiger partial charge in [0.15, 0.2) is 0 Å². The molecule has 0 saturated carbocycles. The van der Waals surface area contributed by atoms with Gasteiger partial charge in [0.2, 0.25) is 0 Å². The van der Waals surface area contributed by atoms with Gasteiger partial charge in [-0.2, -0.15) is 0 Å². The Kier molecular flexibility index (Phi) is 4.65. The third-order valence-corrected chi connectivity index (χ3v) is 4.53. The molecule has 1 aromatic heterocycles. The van der Waals surface area contributed by atoms with Crippen LogP contribution < -0.4 is 10.6 Å². The lowest BCUT2D eigenvalue weighted by Gasteiger charge is -2.36. The Bertz CT molecular complexity index is 511. The first-order valence-electron chi connectivity index (χ1n) is 7.82. The minimum absolute atomic E-state index is 0.583. The Morgan fingerprint density at radius 2 is 1.86 bits per heavy atom. The number of hydrogen-bond acceptors (Lipinski definition) is 5. The van der Waals surface area contributed by atoms with Crippen LogP contribution in [-0.2, 0) is 12.8 Å². The molecule has 5 nitrogen and oxygen atoms in total. The molecule has 1 aliphatic heterocycles. The van der Waals surface area contributed by atoms with Crippen molar-refractivity contribution in [3.63, 3.8) is 0 Å². The molecule has 0 aromatic carbocycles. The molecule has 21 heavy (non-hydrogen) atoms. The lowest BCUT2D eigenvalue weighted by atomic mass is 10.1. The van der Waals surface area contributed by atoms with Crippen molar-refractivity contribution in [1.82, 2.24) is 14.9 Å². The minimum Gasteiger partial charge on any atom is -0.392 e. The normalized spacial score (nSPS) is 19.9. The standard InChI is InChI=1S/C15H23N5S/c16-14(21)10-19-6-8-20(9-7-19)15-12-4-2-1-3-5-13(12)17-11-18-15/h11H,1-10H2,(H2,16,21). The van der Waals surface area contributed by atoms with E-state index in [-0.39, 0.29) is 0 Å². The maximum atomic E-state index is 5.63. The maximum absolute atomic E-state index is 5.63. The van der Waals surface area contributed by atoms with E-state index < -0.39 is 0 Å². The van der Waals surface area contributed by atoms with Crippen molar-refractivity contribution in [2.75, 3.05) is 37.6 Å². The van der Waals surface area contributed by atoms with E-state index in [0.29, 0.717) is 4.99 Å². The number of hydrogen-bond donors (Lipinski definition) is 1. The highest BCUT2D eigenvalue weighted by atomic mass is 32.1. The van der Waals surface area contributed by atoms with Crippen molar-refractivity contribution in [1.29, 1.82) is 0 Å². The molecule has 114 valence electrons. The largest absolute Gasteiger partial charge is 0.392 e. The number of anilines is 1. The van der Waals surface area contributed by atoms with Crippen LogP contribution in [0.5, 0.6) is 0 Å². The second-order valence-corrected chi connectivity index (χ2v) is 6.44. The van der Waals surface area contributed by atoms with Gasteiger partial charge in [0.25, 0.3) is 0 Å². The molecule has 1 fully saturated rings. The Morgan fingerprint density at radius 1 is 1.10 bits per heavy atom. The van der Waals surface area contributed by atoms with E-state index in [1.807, 2.05) is 0 Å². The summed E-state index contributed by atoms with van der Waals surface area (Å²) in [6, 6.07) is 0. The fourth-order valence-electron chi connectivity index (χ4n) is 3.29. The molecule has 0 spiro atoms. The summed E-state index contributed by atoms with van der Waals surface area (Å²) >= 11 is 5.00. The van der Waals surface area contributed by atoms with Gasteiger partial charge in [0.05, 0.1) is 4.99 Å². The van der Waals surface area contributed by atoms with Gasteiger partial charge < -0.3 is 10.6 Å². The first-order chi connectivity index (χ1) is 10.2. The molecule has 2 aliphatic rings. The van der Waals surface area contributed by atoms with Gasteiger partial charge in [-0.15, -0.1) is 0 Å². The van der Waals surface area contributed by atoms with Crippen LogP contribution in [0.3, 0.4) is 0 Å². The fourth-order valence-corrected chi connectivity index (χ4v) is 3.47. The second-order valence-electron chi connectivity index (χ2n) is 5.91. The number of fused-ring (bicyclic) bond motifs is 1. The smallest absolute Gasteiger partial charge is 0.135 e. The van der Waals surface area contributed by atoms with Crippen molar-refractivity contribution >= 4 is 23.0 Å². The third kappa shape index (κ3) is 3.49. The van der Waals surface area contributed by atoms with Crippen LogP contribution >= 0.6 is 12.2 Å². The zero-order chi connectivity index (χ0) is 14.7. The highest BCUT2D eigenvalue weighted by Gasteiger charge is 2.22. The molecule has 0 unspecified atom stereocenters. The number of aryl methyl sites for hydroxylation is 1. The third-order valence-electron chi connectivity index (χ3n) is 4.40. The molecule has 1 aromatic rings. The second kappa shape index (κ2) is 6.66. The van der Waals surface area contributed by atoms with Gasteiger partial charge in [-0.05, 0) is 25.7 Å². The zero-order valence-electron chi connectivity index (χ0n) is 12.4. The first-order valence-corrected chi connectivity index (χ1v) is 8.23. The van der Waals surface area contributed by atoms with Crippen molar-refractivity contribution in [2.24, 2.45) is 5.73 Å². The summed E-state index contributed by atoms with van der Waals surface area (Å²) in [5.41, 5.74) is 8.29. The molecular weight excluding hydrogens is 282 g/mol. The van der Waals surface area contributed by atoms with Crippen LogP contribution in [-0.4, -0.2) is 52.6 Å². The summed E-state index contributed by atoms with van der Waals surface area (Å²) in [7, 11) is 0. The molecule has 2 heterocycles. The topological polar surface area (TPSA) is 58.3 Å². The average Bonchev–Trinajstić information content (AvgIpc) is 2.72.